The molecule has 0 saturated heterocycles. The lowest BCUT2D eigenvalue weighted by Crippen LogP contribution is -2.78. The molecule has 8 unspecified atom stereocenters. The molecule has 4 saturated carbocycles. The number of unbranched alkanes of at least 4 members (excludes halogenated alkanes) is 7. The van der Waals surface area contributed by atoms with Gasteiger partial charge in [0.1, 0.15) is 122 Å². The largest absolute Gasteiger partial charge is 0.397 e. The van der Waals surface area contributed by atoms with Crippen molar-refractivity contribution in [3.8, 4) is 0 Å². The van der Waals surface area contributed by atoms with Crippen LogP contribution in [0.5, 0.6) is 0 Å². The van der Waals surface area contributed by atoms with Gasteiger partial charge in [0.2, 0.25) is 0 Å². The van der Waals surface area contributed by atoms with Crippen molar-refractivity contribution in [2.24, 2.45) is 0 Å². The quantitative estimate of drug-likeness (QED) is 0.0199. The van der Waals surface area contributed by atoms with Gasteiger partial charge in [0.05, 0.1) is 24.2 Å². The van der Waals surface area contributed by atoms with E-state index in [1.807, 2.05) is 0 Å². The summed E-state index contributed by atoms with van der Waals surface area (Å²) < 4.78 is 799. The summed E-state index contributed by atoms with van der Waals surface area (Å²) in [7, 11) is -140. The van der Waals surface area contributed by atoms with Crippen molar-refractivity contribution in [1.82, 2.24) is 9.80 Å². The average Bonchev–Trinajstić information content (AvgIpc) is 0.720. The molecule has 0 aliphatic heterocycles. The van der Waals surface area contributed by atoms with Crippen molar-refractivity contribution in [3.05, 3.63) is 0 Å². The van der Waals surface area contributed by atoms with Crippen LogP contribution in [-0.2, 0) is 292 Å². The van der Waals surface area contributed by atoms with Crippen molar-refractivity contribution >= 4 is 208 Å². The molecule has 0 bridgehead atoms. The molecule has 0 aromatic carbocycles. The summed E-state index contributed by atoms with van der Waals surface area (Å²) in [4.78, 5) is -1.59. The maximum Gasteiger partial charge on any atom is 0.397 e. The first kappa shape index (κ1) is 126. The third kappa shape index (κ3) is 45.1. The molecule has 0 amide bonds. The van der Waals surface area contributed by atoms with E-state index < -0.39 is 428 Å². The Labute approximate surface area is 765 Å². The first-order chi connectivity index (χ1) is 59.9. The van der Waals surface area contributed by atoms with Gasteiger partial charge < -0.3 is 0 Å². The fourth-order valence-electron chi connectivity index (χ4n) is 13.7. The summed E-state index contributed by atoms with van der Waals surface area (Å²) in [6.45, 7) is -4.47. The second-order valence-corrected chi connectivity index (χ2v) is 47.0. The minimum atomic E-state index is -7.12. The number of hydrogen-bond donors (Lipinski definition) is 20. The fourth-order valence-corrected chi connectivity index (χ4v) is 23.7. The molecule has 0 aromatic heterocycles. The molecule has 24 atom stereocenters. The van der Waals surface area contributed by atoms with Crippen LogP contribution in [-0.4, -0.2) is 429 Å². The Bertz CT molecular complexity index is 5630. The van der Waals surface area contributed by atoms with Gasteiger partial charge in [-0.2, -0.15) is 168 Å². The maximum atomic E-state index is 13.0. The second-order valence-electron chi connectivity index (χ2n) is 26.0. The van der Waals surface area contributed by atoms with Crippen LogP contribution < -0.4 is 0 Å². The van der Waals surface area contributed by atoms with Crippen LogP contribution in [0.25, 0.3) is 0 Å². The van der Waals surface area contributed by atoms with Crippen LogP contribution in [0.3, 0.4) is 0 Å². The summed E-state index contributed by atoms with van der Waals surface area (Å²) in [5, 5.41) is 0. The third-order valence-corrected chi connectivity index (χ3v) is 26.0. The number of nitrogens with zero attached hydrogens (tertiary/aromatic N) is 2. The molecular formula is C34H64N2O80S20. The van der Waals surface area contributed by atoms with E-state index in [0.717, 1.165) is 0 Å². The van der Waals surface area contributed by atoms with Gasteiger partial charge >= 0.3 is 208 Å². The lowest BCUT2D eigenvalue weighted by Gasteiger charge is -2.56. The SMILES string of the molecule is O=S(=O)(O)OC1[C@@H](OS(=O)(=O)O)[C@H](OS(=O)(=O)O)C(N(CCCCCCCCCCN(C2[C@@H](OS(=O)(=O)O)[C@H](OS(=O)(=O)O)C(OS(=O)(=O)O)[C@@H](OS(=O)(=O)O)[C@H]2OS(=O)(=O)O)C2[C@@H](OS(=O)(=O)O)[C@H](OS(=O)(=O)O)C(OS(=O)(=O)O)[C@@H](OS(=O)(=O)O)[C@H]2OS(=O)(=O)O)C2[C@@H](OS(=O)(=O)O)[C@H](OS(=O)(=O)O)C(OS(=O)(=O)O)[C@@H](OS(=O)(=O)O)[C@H]2OS(=O)(=O)O)[C@H](OS(=O)(=O)O)[C@@H]1OS(=O)(=O)O. The molecule has 136 heavy (non-hydrogen) atoms. The zero-order valence-corrected chi connectivity index (χ0v) is 79.8. The molecule has 82 nitrogen and oxygen atoms in total. The highest BCUT2D eigenvalue weighted by molar-refractivity contribution is 7.85. The Morgan fingerprint density at radius 2 is 0.184 bits per heavy atom. The number of hydrogen-bond acceptors (Lipinski definition) is 62. The molecule has 102 heteroatoms. The Hall–Kier alpha value is -2.68. The normalized spacial score (nSPS) is 30.2. The summed E-state index contributed by atoms with van der Waals surface area (Å²) in [5.74, 6) is 0. The van der Waals surface area contributed by atoms with Crippen molar-refractivity contribution in [2.75, 3.05) is 13.1 Å². The lowest BCUT2D eigenvalue weighted by molar-refractivity contribution is -0.217. The molecule has 4 aliphatic rings. The van der Waals surface area contributed by atoms with E-state index in [1.54, 1.807) is 0 Å². The predicted octanol–water partition coefficient (Wildman–Crippen LogP) is -14.0. The zero-order chi connectivity index (χ0) is 106. The highest BCUT2D eigenvalue weighted by Crippen LogP contribution is 2.48. The van der Waals surface area contributed by atoms with Crippen molar-refractivity contribution in [2.45, 2.75) is 198 Å². The van der Waals surface area contributed by atoms with E-state index in [9.17, 15) is 259 Å². The smallest absolute Gasteiger partial charge is 0.287 e. The van der Waals surface area contributed by atoms with Crippen LogP contribution in [0.1, 0.15) is 51.4 Å². The van der Waals surface area contributed by atoms with Crippen LogP contribution >= 0.6 is 0 Å². The highest BCUT2D eigenvalue weighted by Gasteiger charge is 2.71. The van der Waals surface area contributed by atoms with Crippen LogP contribution in [0.15, 0.2) is 0 Å². The van der Waals surface area contributed by atoms with Crippen molar-refractivity contribution in [1.29, 1.82) is 0 Å². The van der Waals surface area contributed by atoms with E-state index in [-0.39, 0.29) is 0 Å². The van der Waals surface area contributed by atoms with Crippen molar-refractivity contribution < 1.29 is 343 Å². The Morgan fingerprint density at radius 3 is 0.265 bits per heavy atom. The molecule has 0 radical (unpaired) electrons. The lowest BCUT2D eigenvalue weighted by atomic mass is 9.77. The molecule has 810 valence electrons. The van der Waals surface area contributed by atoms with Crippen LogP contribution in [0.2, 0.25) is 0 Å². The standard InChI is InChI=1S/C34H64N2O80S20/c37-117(38,39)97-15-11(16(98-118(40,41)42)24(106-126(64,65)66)31(113-133(85,86)87)23(15)105-125(61,62)63)35(12-17(99-119(43,44)45)25(107-127(67,68)69)32(114-134(88,89)90)26(108-128(70,71)72)18(12)100-120(46,47)48)9-7-5-3-1-2-4-6-8-10-36(13-19(101-121(49,50)51)27(109-129(73,74)75)33(115-135(91,92)93)28(110-130(76,77)78)20(13)102-122(52,53)54)14-21(103-123(55,56)57)29(111-131(79,80)81)34(116-136(94,95)96)30(112-132(82,83)84)22(14)104-124(58,59)60/h11-34H,1-10H2,(H,37,38,39)(H,40,41,42)(H,43,44,45)(H,46,47,48)(H,49,50,51)(H,52,53,54)(H,55,56,57)(H,58,59,60)(H,61,62,63)(H,64,65,66)(H,67,68,69)(H,70,71,72)(H,73,74,75)(H,76,77,78)(H,79,80,81)(H,82,83,84)(H,85,86,87)(H,88,89,90)(H,91,92,93)(H,94,95,96)/t11?,12?,13?,14?,15-,16+,17-,18+,19-,20+,21-,22+,23-,24-,25-,26-,27-,28-,29-,30-,31?,32?,33?,34?/m0/s1. The minimum Gasteiger partial charge on any atom is -0.287 e. The summed E-state index contributed by atoms with van der Waals surface area (Å²) in [5.41, 5.74) is 0. The van der Waals surface area contributed by atoms with E-state index in [0.29, 0.717) is 0 Å². The van der Waals surface area contributed by atoms with E-state index in [4.69, 9.17) is 0 Å². The summed E-state index contributed by atoms with van der Waals surface area (Å²) in [6.07, 6.45) is -95.8. The minimum absolute atomic E-state index is 0.795. The fraction of sp³-hybridized carbons (Fsp3) is 1.00. The van der Waals surface area contributed by atoms with Gasteiger partial charge in [-0.25, -0.2) is 83.7 Å². The third-order valence-electron chi connectivity index (χ3n) is 16.6. The zero-order valence-electron chi connectivity index (χ0n) is 63.4. The molecule has 0 heterocycles. The molecule has 4 rings (SSSR count). The van der Waals surface area contributed by atoms with E-state index in [1.165, 1.54) is 0 Å². The Morgan fingerprint density at radius 1 is 0.118 bits per heavy atom. The highest BCUT2D eigenvalue weighted by atomic mass is 32.3. The summed E-state index contributed by atoms with van der Waals surface area (Å²) >= 11 is 0. The predicted molar refractivity (Wildman–Crippen MR) is 394 cm³/mol. The summed E-state index contributed by atoms with van der Waals surface area (Å²) in [6, 6.07) is -17.2. The van der Waals surface area contributed by atoms with Crippen LogP contribution in [0, 0.1) is 0 Å². The molecule has 0 spiro atoms. The van der Waals surface area contributed by atoms with Gasteiger partial charge in [0, 0.05) is 0 Å². The Balaban J connectivity index is 2.32. The molecule has 20 N–H and O–H groups in total. The molecule has 4 aliphatic carbocycles. The molecule has 0 aromatic rings. The second kappa shape index (κ2) is 44.9. The topological polar surface area (TPSA) is 1280 Å². The molecular weight excluding hydrogens is 2360 g/mol. The van der Waals surface area contributed by atoms with Gasteiger partial charge in [-0.15, -0.1) is 0 Å². The van der Waals surface area contributed by atoms with Gasteiger partial charge in [-0.05, 0) is 25.9 Å². The van der Waals surface area contributed by atoms with E-state index >= 15 is 0 Å². The van der Waals surface area contributed by atoms with Gasteiger partial charge in [-0.3, -0.25) is 101 Å². The van der Waals surface area contributed by atoms with Crippen molar-refractivity contribution in [3.63, 3.8) is 0 Å². The Kier molecular flexibility index (Phi) is 41.5. The van der Waals surface area contributed by atoms with Gasteiger partial charge in [-0.1, -0.05) is 38.5 Å². The monoisotopic (exact) mass is 2420 g/mol. The first-order valence-corrected chi connectivity index (χ1v) is 59.8. The van der Waals surface area contributed by atoms with E-state index in [2.05, 4.69) is 83.7 Å². The number of rotatable bonds is 55. The van der Waals surface area contributed by atoms with Gasteiger partial charge in [0.25, 0.3) is 0 Å². The average molecular weight is 2420 g/mol. The van der Waals surface area contributed by atoms with Gasteiger partial charge in [0.15, 0.2) is 0 Å². The maximum absolute atomic E-state index is 13.0. The van der Waals surface area contributed by atoms with Crippen LogP contribution in [0.4, 0.5) is 0 Å². The molecule has 4 fully saturated rings. The first-order valence-electron chi connectivity index (χ1n) is 32.5.